The minimum atomic E-state index is -2.92. The van der Waals surface area contributed by atoms with Crippen molar-refractivity contribution in [3.05, 3.63) is 69.9 Å². The van der Waals surface area contributed by atoms with Crippen molar-refractivity contribution in [2.75, 3.05) is 22.7 Å². The number of nitrogens with zero attached hydrogens (tertiary/aromatic N) is 6. The molecule has 1 aliphatic heterocycles. The van der Waals surface area contributed by atoms with Crippen LogP contribution >= 0.6 is 11.6 Å². The van der Waals surface area contributed by atoms with Crippen molar-refractivity contribution in [2.45, 2.75) is 64.9 Å². The van der Waals surface area contributed by atoms with E-state index >= 15 is 4.39 Å². The number of rotatable bonds is 7. The molecular formula is C31H33ClF2N7O5S-. The number of anilines is 3. The van der Waals surface area contributed by atoms with Gasteiger partial charge in [-0.15, -0.1) is 0 Å². The van der Waals surface area contributed by atoms with Crippen molar-refractivity contribution in [1.82, 2.24) is 24.4 Å². The standard InChI is InChI=1S/C31H34ClF2N7O5S/c1-17(2)40-27-23(14-35-29(38-27)36-20-13-19(33)15-39(16-20)30(43)46-31(3,4)5)37-26(28(40)42)18-10-11-25(22(34)12-18)41(47(44)45)24-9-7-6-8-21(24)32/h6-12,14,17,19-20H,13,15-16H2,1-5H3,(H,44,45)(H,35,36,38)/p-1/t19-,20-/m0/s1. The maximum atomic E-state index is 15.5. The Kier molecular flexibility index (Phi) is 9.80. The zero-order chi connectivity index (χ0) is 34.2. The Labute approximate surface area is 277 Å². The number of nitrogens with one attached hydrogen (secondary N) is 1. The van der Waals surface area contributed by atoms with E-state index in [4.69, 9.17) is 16.3 Å². The molecular weight excluding hydrogens is 656 g/mol. The number of benzene rings is 2. The quantitative estimate of drug-likeness (QED) is 0.234. The lowest BCUT2D eigenvalue weighted by molar-refractivity contribution is 0.0124. The summed E-state index contributed by atoms with van der Waals surface area (Å²) >= 11 is 3.26. The van der Waals surface area contributed by atoms with Gasteiger partial charge in [-0.2, -0.15) is 4.98 Å². The average molecular weight is 689 g/mol. The number of hydrogen-bond acceptors (Lipinski definition) is 9. The molecule has 250 valence electrons. The smallest absolute Gasteiger partial charge is 0.410 e. The van der Waals surface area contributed by atoms with Crippen LogP contribution in [-0.4, -0.2) is 70.2 Å². The number of likely N-dealkylation sites (tertiary alicyclic amines) is 1. The molecule has 1 fully saturated rings. The predicted octanol–water partition coefficient (Wildman–Crippen LogP) is 5.92. The Morgan fingerprint density at radius 2 is 1.89 bits per heavy atom. The summed E-state index contributed by atoms with van der Waals surface area (Å²) in [4.78, 5) is 40.9. The predicted molar refractivity (Wildman–Crippen MR) is 175 cm³/mol. The number of carbonyl (C=O) groups is 1. The molecule has 1 unspecified atom stereocenters. The number of halogens is 3. The first kappa shape index (κ1) is 34.1. The van der Waals surface area contributed by atoms with Crippen molar-refractivity contribution in [3.8, 4) is 11.3 Å². The zero-order valence-corrected chi connectivity index (χ0v) is 27.8. The van der Waals surface area contributed by atoms with E-state index in [1.807, 2.05) is 0 Å². The van der Waals surface area contributed by atoms with Crippen LogP contribution in [0.1, 0.15) is 47.1 Å². The number of para-hydroxylation sites is 1. The van der Waals surface area contributed by atoms with E-state index in [9.17, 15) is 22.7 Å². The van der Waals surface area contributed by atoms with Gasteiger partial charge >= 0.3 is 6.09 Å². The normalized spacial score (nSPS) is 17.5. The van der Waals surface area contributed by atoms with Gasteiger partial charge in [0.25, 0.3) is 5.56 Å². The van der Waals surface area contributed by atoms with Crippen LogP contribution in [0.4, 0.5) is 30.9 Å². The lowest BCUT2D eigenvalue weighted by atomic mass is 10.0. The van der Waals surface area contributed by atoms with Crippen molar-refractivity contribution in [2.24, 2.45) is 0 Å². The van der Waals surface area contributed by atoms with Gasteiger partial charge < -0.3 is 19.5 Å². The fourth-order valence-electron chi connectivity index (χ4n) is 5.26. The highest BCUT2D eigenvalue weighted by molar-refractivity contribution is 7.81. The maximum absolute atomic E-state index is 15.5. The second kappa shape index (κ2) is 13.5. The van der Waals surface area contributed by atoms with Gasteiger partial charge in [-0.1, -0.05) is 29.8 Å². The maximum Gasteiger partial charge on any atom is 0.410 e. The Bertz CT molecular complexity index is 1900. The van der Waals surface area contributed by atoms with E-state index < -0.39 is 52.6 Å². The molecule has 0 spiro atoms. The van der Waals surface area contributed by atoms with Gasteiger partial charge in [-0.3, -0.25) is 17.9 Å². The Morgan fingerprint density at radius 1 is 1.17 bits per heavy atom. The summed E-state index contributed by atoms with van der Waals surface area (Å²) in [6.45, 7) is 8.78. The van der Waals surface area contributed by atoms with Crippen molar-refractivity contribution >= 4 is 57.4 Å². The summed E-state index contributed by atoms with van der Waals surface area (Å²) in [5.41, 5.74) is -1.15. The van der Waals surface area contributed by atoms with Gasteiger partial charge in [0, 0.05) is 30.6 Å². The number of hydrogen-bond donors (Lipinski definition) is 1. The number of carbonyl (C=O) groups excluding carboxylic acids is 1. The van der Waals surface area contributed by atoms with Crippen LogP contribution in [0, 0.1) is 5.82 Å². The third kappa shape index (κ3) is 7.52. The van der Waals surface area contributed by atoms with Crippen LogP contribution in [0.25, 0.3) is 22.4 Å². The molecule has 16 heteroatoms. The van der Waals surface area contributed by atoms with Gasteiger partial charge in [0.2, 0.25) is 5.95 Å². The van der Waals surface area contributed by atoms with Crippen LogP contribution < -0.4 is 15.2 Å². The largest absolute Gasteiger partial charge is 0.755 e. The van der Waals surface area contributed by atoms with E-state index in [2.05, 4.69) is 20.3 Å². The molecule has 2 aromatic carbocycles. The summed E-state index contributed by atoms with van der Waals surface area (Å²) in [5.74, 6) is -0.830. The summed E-state index contributed by atoms with van der Waals surface area (Å²) < 4.78 is 61.9. The third-order valence-corrected chi connectivity index (χ3v) is 8.20. The molecule has 0 aliphatic carbocycles. The minimum Gasteiger partial charge on any atom is -0.755 e. The molecule has 2 aromatic heterocycles. The minimum absolute atomic E-state index is 0.0505. The monoisotopic (exact) mass is 688 g/mol. The molecule has 0 saturated carbocycles. The average Bonchev–Trinajstić information content (AvgIpc) is 2.97. The highest BCUT2D eigenvalue weighted by atomic mass is 35.5. The highest BCUT2D eigenvalue weighted by Gasteiger charge is 2.33. The van der Waals surface area contributed by atoms with Crippen molar-refractivity contribution in [1.29, 1.82) is 0 Å². The number of aromatic nitrogens is 4. The Balaban J connectivity index is 1.47. The van der Waals surface area contributed by atoms with E-state index in [0.717, 1.165) is 6.07 Å². The summed E-state index contributed by atoms with van der Waals surface area (Å²) in [7, 11) is 0. The van der Waals surface area contributed by atoms with Gasteiger partial charge in [0.05, 0.1) is 40.4 Å². The molecule has 1 N–H and O–H groups in total. The molecule has 5 rings (SSSR count). The van der Waals surface area contributed by atoms with E-state index in [-0.39, 0.29) is 64.3 Å². The second-order valence-electron chi connectivity index (χ2n) is 12.3. The Hall–Kier alpha value is -4.21. The zero-order valence-electron chi connectivity index (χ0n) is 26.2. The van der Waals surface area contributed by atoms with Gasteiger partial charge in [-0.05, 0) is 58.9 Å². The van der Waals surface area contributed by atoms with Crippen molar-refractivity contribution in [3.63, 3.8) is 0 Å². The van der Waals surface area contributed by atoms with Gasteiger partial charge in [-0.25, -0.2) is 23.5 Å². The SMILES string of the molecule is CC(C)n1c(=O)c(-c2ccc(N(c3ccccc3Cl)S(=O)[O-])c(F)c2)nc2cnc(N[C@H]3C[C@H](F)CN(C(=O)OC(C)(C)C)C3)nc21. The fourth-order valence-corrected chi connectivity index (χ4v) is 6.16. The second-order valence-corrected chi connectivity index (χ2v) is 13.5. The van der Waals surface area contributed by atoms with Crippen LogP contribution in [0.5, 0.6) is 0 Å². The third-order valence-electron chi connectivity index (χ3n) is 7.19. The topological polar surface area (TPSA) is 146 Å². The highest BCUT2D eigenvalue weighted by Crippen LogP contribution is 2.35. The first-order valence-corrected chi connectivity index (χ1v) is 16.2. The van der Waals surface area contributed by atoms with E-state index in [0.29, 0.717) is 4.31 Å². The number of piperidine rings is 1. The van der Waals surface area contributed by atoms with Crippen LogP contribution in [-0.2, 0) is 16.0 Å². The van der Waals surface area contributed by atoms with Crippen LogP contribution in [0.15, 0.2) is 53.5 Å². The molecule has 0 bridgehead atoms. The number of alkyl halides is 1. The molecule has 0 radical (unpaired) electrons. The Morgan fingerprint density at radius 3 is 2.53 bits per heavy atom. The number of fused-ring (bicyclic) bond motifs is 1. The first-order chi connectivity index (χ1) is 22.1. The molecule has 47 heavy (non-hydrogen) atoms. The lowest BCUT2D eigenvalue weighted by Gasteiger charge is -2.36. The molecule has 1 saturated heterocycles. The van der Waals surface area contributed by atoms with Gasteiger partial charge in [0.1, 0.15) is 28.8 Å². The summed E-state index contributed by atoms with van der Waals surface area (Å²) in [6, 6.07) is 8.77. The molecule has 3 atom stereocenters. The van der Waals surface area contributed by atoms with Crippen LogP contribution in [0.2, 0.25) is 5.02 Å². The number of ether oxygens (including phenoxy) is 1. The number of amides is 1. The first-order valence-electron chi connectivity index (χ1n) is 14.7. The summed E-state index contributed by atoms with van der Waals surface area (Å²) in [6.07, 6.45) is -0.439. The molecule has 3 heterocycles. The molecule has 12 nitrogen and oxygen atoms in total. The van der Waals surface area contributed by atoms with Gasteiger partial charge in [0.15, 0.2) is 5.65 Å². The van der Waals surface area contributed by atoms with E-state index in [1.54, 1.807) is 46.8 Å². The fraction of sp³-hybridized carbons (Fsp3) is 0.387. The van der Waals surface area contributed by atoms with E-state index in [1.165, 1.54) is 39.9 Å². The molecule has 1 amide bonds. The molecule has 4 aromatic rings. The van der Waals surface area contributed by atoms with Crippen molar-refractivity contribution < 1.29 is 27.1 Å². The molecule has 1 aliphatic rings. The van der Waals surface area contributed by atoms with Crippen LogP contribution in [0.3, 0.4) is 0 Å². The summed E-state index contributed by atoms with van der Waals surface area (Å²) in [5, 5.41) is 3.16. The lowest BCUT2D eigenvalue weighted by Crippen LogP contribution is -2.51.